The summed E-state index contributed by atoms with van der Waals surface area (Å²) in [5.41, 5.74) is 0.722. The SMILES string of the molecule is [2H]c1nc(OC(=O)Nc2cccc([C@]3(C)CO[C@@](C)(C(F)(F)F)C(N)=N3)n2)c(C([2H])([2H])[2H])c([2H])c1Cl. The second-order valence-electron chi connectivity index (χ2n) is 6.86. The van der Waals surface area contributed by atoms with Crippen molar-refractivity contribution < 1.29 is 34.3 Å². The second kappa shape index (κ2) is 7.97. The van der Waals surface area contributed by atoms with Crippen LogP contribution in [0.25, 0.3) is 0 Å². The first kappa shape index (κ1) is 16.7. The molecule has 2 aromatic heterocycles. The van der Waals surface area contributed by atoms with Gasteiger partial charge in [0.2, 0.25) is 11.5 Å². The molecule has 2 aromatic rings. The predicted octanol–water partition coefficient (Wildman–Crippen LogP) is 3.97. The summed E-state index contributed by atoms with van der Waals surface area (Å²) >= 11 is 5.74. The Bertz CT molecular complexity index is 1250. The maximum absolute atomic E-state index is 13.4. The summed E-state index contributed by atoms with van der Waals surface area (Å²) < 4.78 is 88.2. The maximum atomic E-state index is 13.4. The van der Waals surface area contributed by atoms with Gasteiger partial charge in [-0.15, -0.1) is 0 Å². The summed E-state index contributed by atoms with van der Waals surface area (Å²) in [6.45, 7) is -1.27. The lowest BCUT2D eigenvalue weighted by atomic mass is 9.93. The smallest absolute Gasteiger partial charge is 0.391 e. The Morgan fingerprint density at radius 2 is 2.19 bits per heavy atom. The molecule has 1 amide bonds. The van der Waals surface area contributed by atoms with Gasteiger partial charge in [0.15, 0.2) is 0 Å². The van der Waals surface area contributed by atoms with Crippen molar-refractivity contribution >= 4 is 29.3 Å². The minimum atomic E-state index is -4.80. The van der Waals surface area contributed by atoms with Crippen molar-refractivity contribution in [3.05, 3.63) is 46.7 Å². The number of amides is 1. The van der Waals surface area contributed by atoms with E-state index in [4.69, 9.17) is 33.7 Å². The van der Waals surface area contributed by atoms with Gasteiger partial charge in [0.25, 0.3) is 0 Å². The Morgan fingerprint density at radius 3 is 2.84 bits per heavy atom. The fourth-order valence-corrected chi connectivity index (χ4v) is 2.70. The van der Waals surface area contributed by atoms with Crippen molar-refractivity contribution in [1.82, 2.24) is 9.97 Å². The molecule has 0 saturated carbocycles. The third kappa shape index (κ3) is 4.57. The molecule has 0 radical (unpaired) electrons. The average molecular weight is 463 g/mol. The number of nitrogens with two attached hydrogens (primary N) is 1. The molecule has 12 heteroatoms. The van der Waals surface area contributed by atoms with Gasteiger partial charge in [-0.05, 0) is 38.9 Å². The van der Waals surface area contributed by atoms with Gasteiger partial charge in [0, 0.05) is 15.8 Å². The van der Waals surface area contributed by atoms with Crippen LogP contribution in [0.2, 0.25) is 5.02 Å². The van der Waals surface area contributed by atoms with Gasteiger partial charge in [0.05, 0.1) is 20.1 Å². The number of pyridine rings is 2. The Morgan fingerprint density at radius 1 is 1.45 bits per heavy atom. The van der Waals surface area contributed by atoms with Crippen LogP contribution in [0.1, 0.15) is 32.0 Å². The minimum absolute atomic E-state index is 0.0992. The summed E-state index contributed by atoms with van der Waals surface area (Å²) in [6.07, 6.45) is -6.75. The molecule has 0 aromatic carbocycles. The van der Waals surface area contributed by atoms with Crippen LogP contribution in [0.5, 0.6) is 5.88 Å². The molecule has 1 aliphatic heterocycles. The number of amidine groups is 1. The van der Waals surface area contributed by atoms with E-state index in [9.17, 15) is 18.0 Å². The molecule has 0 saturated heterocycles. The average Bonchev–Trinajstić information content (AvgIpc) is 2.73. The summed E-state index contributed by atoms with van der Waals surface area (Å²) in [4.78, 5) is 24.1. The van der Waals surface area contributed by atoms with Gasteiger partial charge in [-0.1, -0.05) is 17.7 Å². The number of nitrogens with one attached hydrogen (secondary N) is 1. The van der Waals surface area contributed by atoms with Crippen LogP contribution in [0.15, 0.2) is 35.4 Å². The van der Waals surface area contributed by atoms with Crippen LogP contribution in [0, 0.1) is 6.85 Å². The van der Waals surface area contributed by atoms with Crippen molar-refractivity contribution in [3.8, 4) is 5.88 Å². The van der Waals surface area contributed by atoms with Crippen molar-refractivity contribution in [1.29, 1.82) is 0 Å². The number of carbonyl (C=O) groups excluding carboxylic acids is 1. The van der Waals surface area contributed by atoms with Crippen molar-refractivity contribution in [2.75, 3.05) is 11.9 Å². The van der Waals surface area contributed by atoms with Crippen LogP contribution < -0.4 is 15.8 Å². The Balaban J connectivity index is 1.87. The van der Waals surface area contributed by atoms with E-state index in [-0.39, 0.29) is 11.5 Å². The number of alkyl halides is 3. The molecule has 31 heavy (non-hydrogen) atoms. The van der Waals surface area contributed by atoms with Crippen LogP contribution in [0.4, 0.5) is 23.8 Å². The number of hydrogen-bond acceptors (Lipinski definition) is 7. The predicted molar refractivity (Wildman–Crippen MR) is 107 cm³/mol. The van der Waals surface area contributed by atoms with E-state index in [1.165, 1.54) is 25.1 Å². The molecule has 8 nitrogen and oxygen atoms in total. The molecule has 2 atom stereocenters. The fraction of sp³-hybridized carbons (Fsp3) is 0.368. The number of aromatic nitrogens is 2. The first-order valence-corrected chi connectivity index (χ1v) is 8.97. The van der Waals surface area contributed by atoms with E-state index in [2.05, 4.69) is 20.3 Å². The first-order chi connectivity index (χ1) is 16.4. The summed E-state index contributed by atoms with van der Waals surface area (Å²) in [5, 5.41) is 1.68. The molecule has 0 spiro atoms. The van der Waals surface area contributed by atoms with E-state index >= 15 is 0 Å². The van der Waals surface area contributed by atoms with Crippen molar-refractivity contribution in [3.63, 3.8) is 0 Å². The highest BCUT2D eigenvalue weighted by Crippen LogP contribution is 2.40. The molecule has 3 N–H and O–H groups in total. The van der Waals surface area contributed by atoms with Gasteiger partial charge in [-0.25, -0.2) is 14.8 Å². The van der Waals surface area contributed by atoms with Crippen LogP contribution in [-0.4, -0.2) is 40.3 Å². The van der Waals surface area contributed by atoms with Gasteiger partial charge < -0.3 is 15.2 Å². The molecule has 3 rings (SSSR count). The van der Waals surface area contributed by atoms with Gasteiger partial charge in [-0.2, -0.15) is 13.2 Å². The molecule has 0 unspecified atom stereocenters. The van der Waals surface area contributed by atoms with Gasteiger partial charge in [0.1, 0.15) is 17.2 Å². The van der Waals surface area contributed by atoms with Crippen molar-refractivity contribution in [2.24, 2.45) is 10.7 Å². The molecule has 166 valence electrons. The van der Waals surface area contributed by atoms with Crippen molar-refractivity contribution in [2.45, 2.75) is 38.0 Å². The van der Waals surface area contributed by atoms with Crippen LogP contribution in [0.3, 0.4) is 0 Å². The Hall–Kier alpha value is -2.92. The highest BCUT2D eigenvalue weighted by Gasteiger charge is 2.59. The molecular weight excluding hydrogens is 439 g/mol. The number of carbonyl (C=O) groups is 1. The Kier molecular flexibility index (Phi) is 4.30. The summed E-state index contributed by atoms with van der Waals surface area (Å²) in [6, 6.07) is 3.42. The fourth-order valence-electron chi connectivity index (χ4n) is 2.56. The van der Waals surface area contributed by atoms with E-state index in [1.54, 1.807) is 0 Å². The molecule has 3 heterocycles. The lowest BCUT2D eigenvalue weighted by molar-refractivity contribution is -0.249. The number of halogens is 4. The molecule has 0 bridgehead atoms. The van der Waals surface area contributed by atoms with Gasteiger partial charge in [-0.3, -0.25) is 10.3 Å². The van der Waals surface area contributed by atoms with Gasteiger partial charge >= 0.3 is 12.3 Å². The standard InChI is InChI=1S/C19H19ClF3N5O3/c1-10-7-11(20)8-25-14(10)31-16(29)27-13-6-4-5-12(26-13)17(2)9-30-18(3,15(24)28-17)19(21,22)23/h4-8H,9H2,1-3H3,(H2,24,28)(H,26,27,29)/t17-,18+/m0/s1/i1D3,7D,8D. The quantitative estimate of drug-likeness (QED) is 0.713. The van der Waals surface area contributed by atoms with E-state index in [0.29, 0.717) is 0 Å². The number of aliphatic imine (C=N–C) groups is 1. The third-order valence-corrected chi connectivity index (χ3v) is 4.64. The highest BCUT2D eigenvalue weighted by molar-refractivity contribution is 6.30. The van der Waals surface area contributed by atoms with E-state index in [0.717, 1.165) is 6.92 Å². The maximum Gasteiger partial charge on any atom is 0.424 e. The minimum Gasteiger partial charge on any atom is -0.391 e. The number of ether oxygens (including phenoxy) is 2. The zero-order chi connectivity index (χ0) is 27.3. The number of anilines is 1. The normalized spacial score (nSPS) is 26.5. The summed E-state index contributed by atoms with van der Waals surface area (Å²) in [7, 11) is 0. The Labute approximate surface area is 187 Å². The summed E-state index contributed by atoms with van der Waals surface area (Å²) in [5.74, 6) is -1.76. The lowest BCUT2D eigenvalue weighted by Crippen LogP contribution is -2.60. The third-order valence-electron chi connectivity index (χ3n) is 4.46. The van der Waals surface area contributed by atoms with E-state index < -0.39 is 71.4 Å². The first-order valence-electron chi connectivity index (χ1n) is 11.1. The monoisotopic (exact) mass is 462 g/mol. The number of nitrogens with zero attached hydrogens (tertiary/aromatic N) is 3. The topological polar surface area (TPSA) is 112 Å². The number of rotatable bonds is 3. The molecule has 0 fully saturated rings. The molecule has 0 aliphatic carbocycles. The van der Waals surface area contributed by atoms with Crippen LogP contribution >= 0.6 is 11.6 Å². The van der Waals surface area contributed by atoms with E-state index in [1.807, 2.05) is 0 Å². The zero-order valence-electron chi connectivity index (χ0n) is 21.1. The molecule has 1 aliphatic rings. The largest absolute Gasteiger partial charge is 0.424 e. The number of hydrogen-bond donors (Lipinski definition) is 2. The van der Waals surface area contributed by atoms with Crippen LogP contribution in [-0.2, 0) is 10.3 Å². The molecular formula is C19H19ClF3N5O3. The second-order valence-corrected chi connectivity index (χ2v) is 7.23. The highest BCUT2D eigenvalue weighted by atomic mass is 35.5. The zero-order valence-corrected chi connectivity index (χ0v) is 16.9. The lowest BCUT2D eigenvalue weighted by Gasteiger charge is -2.40.